The number of fused-ring (bicyclic) bond motifs is 1. The number of carbonyl (C=O) groups excluding carboxylic acids is 1. The molecule has 6 nitrogen and oxygen atoms in total. The number of pyridine rings is 1. The van der Waals surface area contributed by atoms with Gasteiger partial charge in [-0.25, -0.2) is 0 Å². The van der Waals surface area contributed by atoms with Crippen molar-refractivity contribution in [3.05, 3.63) is 59.5 Å². The highest BCUT2D eigenvalue weighted by molar-refractivity contribution is 6.30. The first kappa shape index (κ1) is 16.3. The highest BCUT2D eigenvalue weighted by atomic mass is 35.5. The fourth-order valence-corrected chi connectivity index (χ4v) is 2.57. The third kappa shape index (κ3) is 3.49. The number of benzene rings is 1. The normalized spacial score (nSPS) is 12.1. The average molecular weight is 345 g/mol. The van der Waals surface area contributed by atoms with Crippen molar-refractivity contribution < 1.29 is 9.53 Å². The van der Waals surface area contributed by atoms with Gasteiger partial charge in [-0.05, 0) is 37.3 Å². The minimum atomic E-state index is -0.632. The van der Waals surface area contributed by atoms with E-state index in [4.69, 9.17) is 16.3 Å². The third-order valence-electron chi connectivity index (χ3n) is 3.60. The fourth-order valence-electron chi connectivity index (χ4n) is 2.39. The summed E-state index contributed by atoms with van der Waals surface area (Å²) in [5.74, 6) is 1.10. The lowest BCUT2D eigenvalue weighted by Crippen LogP contribution is -2.37. The molecule has 2 heterocycles. The molecule has 24 heavy (non-hydrogen) atoms. The van der Waals surface area contributed by atoms with Crippen LogP contribution in [-0.2, 0) is 11.3 Å². The number of hydrogen-bond donors (Lipinski definition) is 0. The Bertz CT molecular complexity index is 864. The van der Waals surface area contributed by atoms with E-state index >= 15 is 0 Å². The Morgan fingerprint density at radius 2 is 2.12 bits per heavy atom. The zero-order valence-electron chi connectivity index (χ0n) is 13.4. The molecule has 1 aromatic carbocycles. The fraction of sp³-hybridized carbons (Fsp3) is 0.235. The molecule has 1 unspecified atom stereocenters. The first-order chi connectivity index (χ1) is 11.5. The first-order valence-corrected chi connectivity index (χ1v) is 7.88. The molecule has 3 aromatic rings. The Morgan fingerprint density at radius 3 is 2.92 bits per heavy atom. The van der Waals surface area contributed by atoms with E-state index in [-0.39, 0.29) is 5.91 Å². The van der Waals surface area contributed by atoms with Crippen LogP contribution < -0.4 is 4.74 Å². The molecule has 0 aliphatic carbocycles. The quantitative estimate of drug-likeness (QED) is 0.714. The molecule has 2 aromatic heterocycles. The van der Waals surface area contributed by atoms with Crippen molar-refractivity contribution in [1.82, 2.24) is 19.5 Å². The predicted molar refractivity (Wildman–Crippen MR) is 91.0 cm³/mol. The van der Waals surface area contributed by atoms with Crippen LogP contribution in [0.1, 0.15) is 12.7 Å². The van der Waals surface area contributed by atoms with Crippen molar-refractivity contribution in [2.24, 2.45) is 0 Å². The monoisotopic (exact) mass is 344 g/mol. The Labute approximate surface area is 144 Å². The highest BCUT2D eigenvalue weighted by Crippen LogP contribution is 2.19. The van der Waals surface area contributed by atoms with Gasteiger partial charge in [0.1, 0.15) is 5.75 Å². The van der Waals surface area contributed by atoms with Gasteiger partial charge in [-0.2, -0.15) is 0 Å². The highest BCUT2D eigenvalue weighted by Gasteiger charge is 2.21. The second-order valence-corrected chi connectivity index (χ2v) is 5.89. The number of carbonyl (C=O) groups is 1. The smallest absolute Gasteiger partial charge is 0.263 e. The number of nitrogens with zero attached hydrogens (tertiary/aromatic N) is 4. The van der Waals surface area contributed by atoms with Crippen molar-refractivity contribution in [1.29, 1.82) is 0 Å². The van der Waals surface area contributed by atoms with E-state index in [9.17, 15) is 4.79 Å². The number of hydrogen-bond acceptors (Lipinski definition) is 4. The molecule has 0 saturated carbocycles. The van der Waals surface area contributed by atoms with Gasteiger partial charge in [0.25, 0.3) is 5.91 Å². The van der Waals surface area contributed by atoms with Crippen molar-refractivity contribution in [2.75, 3.05) is 7.05 Å². The Morgan fingerprint density at radius 1 is 1.29 bits per heavy atom. The number of likely N-dealkylation sites (N-methyl/N-ethyl adjacent to an activating group) is 1. The molecule has 0 saturated heterocycles. The van der Waals surface area contributed by atoms with E-state index < -0.39 is 6.10 Å². The summed E-state index contributed by atoms with van der Waals surface area (Å²) in [5.41, 5.74) is 0.747. The summed E-state index contributed by atoms with van der Waals surface area (Å²) >= 11 is 5.93. The molecular weight excluding hydrogens is 328 g/mol. The van der Waals surface area contributed by atoms with Gasteiger partial charge in [0, 0.05) is 18.3 Å². The molecule has 1 amide bonds. The van der Waals surface area contributed by atoms with Gasteiger partial charge in [-0.3, -0.25) is 9.20 Å². The molecule has 0 spiro atoms. The van der Waals surface area contributed by atoms with Crippen LogP contribution in [0.4, 0.5) is 0 Å². The van der Waals surface area contributed by atoms with Crippen LogP contribution in [0, 0.1) is 0 Å². The number of aromatic nitrogens is 3. The molecule has 1 atom stereocenters. The van der Waals surface area contributed by atoms with E-state index in [2.05, 4.69) is 10.2 Å². The molecule has 0 aliphatic rings. The Balaban J connectivity index is 1.67. The van der Waals surface area contributed by atoms with Crippen LogP contribution >= 0.6 is 11.6 Å². The summed E-state index contributed by atoms with van der Waals surface area (Å²) in [5, 5.41) is 8.78. The van der Waals surface area contributed by atoms with Crippen LogP contribution in [-0.4, -0.2) is 38.6 Å². The van der Waals surface area contributed by atoms with Crippen molar-refractivity contribution in [2.45, 2.75) is 19.6 Å². The lowest BCUT2D eigenvalue weighted by atomic mass is 10.3. The van der Waals surface area contributed by atoms with E-state index in [1.165, 1.54) is 0 Å². The SMILES string of the molecule is CC(Oc1cccc(Cl)c1)C(=O)N(C)Cc1nnc2ccccn12. The van der Waals surface area contributed by atoms with Crippen LogP contribution in [0.15, 0.2) is 48.7 Å². The number of amides is 1. The zero-order valence-corrected chi connectivity index (χ0v) is 14.1. The molecule has 0 aliphatic heterocycles. The topological polar surface area (TPSA) is 59.7 Å². The van der Waals surface area contributed by atoms with Crippen LogP contribution in [0.5, 0.6) is 5.75 Å². The number of rotatable bonds is 5. The molecule has 3 rings (SSSR count). The maximum atomic E-state index is 12.5. The van der Waals surface area contributed by atoms with Gasteiger partial charge in [0.15, 0.2) is 17.6 Å². The maximum Gasteiger partial charge on any atom is 0.263 e. The van der Waals surface area contributed by atoms with Gasteiger partial charge < -0.3 is 9.64 Å². The summed E-state index contributed by atoms with van der Waals surface area (Å²) in [4.78, 5) is 14.1. The number of halogens is 1. The largest absolute Gasteiger partial charge is 0.481 e. The average Bonchev–Trinajstić information content (AvgIpc) is 2.97. The van der Waals surface area contributed by atoms with E-state index in [1.54, 1.807) is 43.1 Å². The summed E-state index contributed by atoms with van der Waals surface area (Å²) in [6, 6.07) is 12.6. The van der Waals surface area contributed by atoms with Gasteiger partial charge in [-0.1, -0.05) is 23.7 Å². The molecule has 0 fully saturated rings. The standard InChI is InChI=1S/C17H17ClN4O2/c1-12(24-14-7-5-6-13(18)10-14)17(23)21(2)11-16-20-19-15-8-3-4-9-22(15)16/h3-10,12H,11H2,1-2H3. The van der Waals surface area contributed by atoms with Gasteiger partial charge in [-0.15, -0.1) is 10.2 Å². The predicted octanol–water partition coefficient (Wildman–Crippen LogP) is 2.81. The Hall–Kier alpha value is -2.60. The lowest BCUT2D eigenvalue weighted by Gasteiger charge is -2.21. The van der Waals surface area contributed by atoms with Gasteiger partial charge >= 0.3 is 0 Å². The molecule has 7 heteroatoms. The van der Waals surface area contributed by atoms with Crippen LogP contribution in [0.2, 0.25) is 5.02 Å². The molecule has 0 bridgehead atoms. The van der Waals surface area contributed by atoms with Crippen molar-refractivity contribution in [3.8, 4) is 5.75 Å². The zero-order chi connectivity index (χ0) is 17.1. The second kappa shape index (κ2) is 6.88. The minimum absolute atomic E-state index is 0.150. The molecule has 0 N–H and O–H groups in total. The lowest BCUT2D eigenvalue weighted by molar-refractivity contribution is -0.137. The summed E-state index contributed by atoms with van der Waals surface area (Å²) in [6.45, 7) is 2.05. The summed E-state index contributed by atoms with van der Waals surface area (Å²) < 4.78 is 7.52. The van der Waals surface area contributed by atoms with E-state index in [0.717, 1.165) is 5.65 Å². The van der Waals surface area contributed by atoms with E-state index in [1.807, 2.05) is 28.8 Å². The summed E-state index contributed by atoms with van der Waals surface area (Å²) in [7, 11) is 1.71. The molecule has 0 radical (unpaired) electrons. The van der Waals surface area contributed by atoms with Crippen molar-refractivity contribution in [3.63, 3.8) is 0 Å². The van der Waals surface area contributed by atoms with Crippen LogP contribution in [0.25, 0.3) is 5.65 Å². The second-order valence-electron chi connectivity index (χ2n) is 5.46. The molecular formula is C17H17ClN4O2. The summed E-state index contributed by atoms with van der Waals surface area (Å²) in [6.07, 6.45) is 1.24. The third-order valence-corrected chi connectivity index (χ3v) is 3.83. The Kier molecular flexibility index (Phi) is 4.66. The van der Waals surface area contributed by atoms with Gasteiger partial charge in [0.05, 0.1) is 6.54 Å². The van der Waals surface area contributed by atoms with Gasteiger partial charge in [0.2, 0.25) is 0 Å². The number of ether oxygens (including phenoxy) is 1. The molecule has 124 valence electrons. The van der Waals surface area contributed by atoms with E-state index in [0.29, 0.717) is 23.1 Å². The maximum absolute atomic E-state index is 12.5. The van der Waals surface area contributed by atoms with Crippen LogP contribution in [0.3, 0.4) is 0 Å². The van der Waals surface area contributed by atoms with Crippen molar-refractivity contribution >= 4 is 23.2 Å². The minimum Gasteiger partial charge on any atom is -0.481 e. The first-order valence-electron chi connectivity index (χ1n) is 7.50.